The van der Waals surface area contributed by atoms with Crippen molar-refractivity contribution in [1.29, 1.82) is 0 Å². The van der Waals surface area contributed by atoms with E-state index in [9.17, 15) is 4.79 Å². The second kappa shape index (κ2) is 8.07. The Balaban J connectivity index is 0.00000182. The highest BCUT2D eigenvalue weighted by Crippen LogP contribution is 2.22. The fourth-order valence-corrected chi connectivity index (χ4v) is 3.63. The van der Waals surface area contributed by atoms with Gasteiger partial charge in [0.2, 0.25) is 5.91 Å². The third-order valence-electron chi connectivity index (χ3n) is 5.16. The van der Waals surface area contributed by atoms with Gasteiger partial charge in [0, 0.05) is 31.9 Å². The minimum absolute atomic E-state index is 0. The van der Waals surface area contributed by atoms with E-state index in [1.54, 1.807) is 0 Å². The molecule has 1 amide bonds. The maximum absolute atomic E-state index is 12.1. The second-order valence-electron chi connectivity index (χ2n) is 6.76. The maximum atomic E-state index is 12.1. The predicted octanol–water partition coefficient (Wildman–Crippen LogP) is 2.76. The highest BCUT2D eigenvalue weighted by molar-refractivity contribution is 5.85. The molecule has 0 aromatic heterocycles. The number of allylic oxidation sites excluding steroid dienone is 3. The van der Waals surface area contributed by atoms with E-state index in [4.69, 9.17) is 4.74 Å². The zero-order chi connectivity index (χ0) is 16.4. The van der Waals surface area contributed by atoms with E-state index in [1.165, 1.54) is 22.4 Å². The first-order valence-corrected chi connectivity index (χ1v) is 8.93. The predicted molar refractivity (Wildman–Crippen MR) is 101 cm³/mol. The van der Waals surface area contributed by atoms with E-state index in [1.807, 2.05) is 0 Å². The number of hydrogen-bond donors (Lipinski definition) is 1. The molecule has 2 heterocycles. The van der Waals surface area contributed by atoms with Gasteiger partial charge in [-0.3, -0.25) is 4.79 Å². The lowest BCUT2D eigenvalue weighted by molar-refractivity contribution is -0.130. The van der Waals surface area contributed by atoms with Gasteiger partial charge in [-0.2, -0.15) is 0 Å². The van der Waals surface area contributed by atoms with E-state index in [-0.39, 0.29) is 24.4 Å². The smallest absolute Gasteiger partial charge is 0.249 e. The van der Waals surface area contributed by atoms with Crippen LogP contribution in [0.25, 0.3) is 0 Å². The molecule has 1 aromatic carbocycles. The quantitative estimate of drug-likeness (QED) is 0.897. The Morgan fingerprint density at radius 2 is 2.04 bits per heavy atom. The van der Waals surface area contributed by atoms with Crippen LogP contribution in [0.15, 0.2) is 42.1 Å². The largest absolute Gasteiger partial charge is 0.371 e. The molecule has 0 spiro atoms. The summed E-state index contributed by atoms with van der Waals surface area (Å²) in [6.45, 7) is 3.44. The summed E-state index contributed by atoms with van der Waals surface area (Å²) in [5.74, 6) is 0.0253. The number of nitrogens with one attached hydrogen (secondary N) is 1. The fraction of sp³-hybridized carbons (Fsp3) is 0.450. The number of fused-ring (bicyclic) bond motifs is 1. The van der Waals surface area contributed by atoms with Crippen LogP contribution in [0.2, 0.25) is 0 Å². The number of ether oxygens (including phenoxy) is 1. The van der Waals surface area contributed by atoms with Crippen LogP contribution in [0, 0.1) is 0 Å². The van der Waals surface area contributed by atoms with E-state index in [0.29, 0.717) is 13.2 Å². The third kappa shape index (κ3) is 4.07. The highest BCUT2D eigenvalue weighted by Gasteiger charge is 2.23. The molecule has 3 aliphatic rings. The van der Waals surface area contributed by atoms with Crippen molar-refractivity contribution in [1.82, 2.24) is 10.2 Å². The zero-order valence-corrected chi connectivity index (χ0v) is 15.2. The van der Waals surface area contributed by atoms with Gasteiger partial charge in [-0.1, -0.05) is 24.3 Å². The number of halogens is 1. The van der Waals surface area contributed by atoms with Crippen molar-refractivity contribution >= 4 is 18.3 Å². The molecule has 5 heteroatoms. The van der Waals surface area contributed by atoms with Crippen molar-refractivity contribution in [3.63, 3.8) is 0 Å². The van der Waals surface area contributed by atoms with Crippen molar-refractivity contribution in [2.75, 3.05) is 19.7 Å². The summed E-state index contributed by atoms with van der Waals surface area (Å²) in [6, 6.07) is 6.64. The van der Waals surface area contributed by atoms with Crippen molar-refractivity contribution < 1.29 is 9.53 Å². The van der Waals surface area contributed by atoms with Crippen LogP contribution < -0.4 is 5.32 Å². The van der Waals surface area contributed by atoms with Crippen LogP contribution in [0.5, 0.6) is 0 Å². The lowest BCUT2D eigenvalue weighted by atomic mass is 10.00. The summed E-state index contributed by atoms with van der Waals surface area (Å²) < 4.78 is 5.43. The lowest BCUT2D eigenvalue weighted by Gasteiger charge is -2.26. The fourth-order valence-electron chi connectivity index (χ4n) is 3.63. The molecule has 1 fully saturated rings. The number of amides is 1. The van der Waals surface area contributed by atoms with Gasteiger partial charge in [0.1, 0.15) is 6.10 Å². The molecule has 1 aliphatic carbocycles. The standard InChI is InChI=1S/C20H24N2O2.ClH/c23-20(19-5-2-12-24-19)21-14-15-6-7-16-8-10-22(18-3-1-4-18)11-9-17(16)13-15;/h1,3-4,6-7,13,19H,2,5,8-12,14H2,(H,21,23);1H/t19-;/m1./s1. The first-order valence-electron chi connectivity index (χ1n) is 8.93. The van der Waals surface area contributed by atoms with Gasteiger partial charge < -0.3 is 15.0 Å². The number of benzene rings is 1. The maximum Gasteiger partial charge on any atom is 0.249 e. The molecule has 0 radical (unpaired) electrons. The summed E-state index contributed by atoms with van der Waals surface area (Å²) in [6.07, 6.45) is 10.2. The molecule has 1 saturated heterocycles. The van der Waals surface area contributed by atoms with E-state index < -0.39 is 0 Å². The molecule has 0 unspecified atom stereocenters. The molecule has 0 saturated carbocycles. The Bertz CT molecular complexity index is 693. The Morgan fingerprint density at radius 1 is 1.24 bits per heavy atom. The highest BCUT2D eigenvalue weighted by atomic mass is 35.5. The summed E-state index contributed by atoms with van der Waals surface area (Å²) >= 11 is 0. The third-order valence-corrected chi connectivity index (χ3v) is 5.16. The van der Waals surface area contributed by atoms with Gasteiger partial charge >= 0.3 is 0 Å². The molecular formula is C20H25ClN2O2. The number of carbonyl (C=O) groups excluding carboxylic acids is 1. The molecule has 4 nitrogen and oxygen atoms in total. The van der Waals surface area contributed by atoms with Crippen LogP contribution in [0.4, 0.5) is 0 Å². The van der Waals surface area contributed by atoms with E-state index >= 15 is 0 Å². The Hall–Kier alpha value is -1.78. The second-order valence-corrected chi connectivity index (χ2v) is 6.76. The Labute approximate surface area is 155 Å². The molecule has 4 rings (SSSR count). The minimum atomic E-state index is -0.247. The van der Waals surface area contributed by atoms with E-state index in [2.05, 4.69) is 46.6 Å². The summed E-state index contributed by atoms with van der Waals surface area (Å²) in [4.78, 5) is 14.5. The molecule has 1 atom stereocenters. The van der Waals surface area contributed by atoms with Crippen LogP contribution in [-0.4, -0.2) is 36.6 Å². The number of rotatable bonds is 4. The monoisotopic (exact) mass is 360 g/mol. The van der Waals surface area contributed by atoms with E-state index in [0.717, 1.165) is 38.8 Å². The lowest BCUT2D eigenvalue weighted by Crippen LogP contribution is -2.33. The van der Waals surface area contributed by atoms with Crippen LogP contribution in [0.3, 0.4) is 0 Å². The van der Waals surface area contributed by atoms with Gasteiger partial charge in [0.25, 0.3) is 0 Å². The molecular weight excluding hydrogens is 336 g/mol. The first-order chi connectivity index (χ1) is 11.8. The molecule has 1 N–H and O–H groups in total. The summed E-state index contributed by atoms with van der Waals surface area (Å²) in [7, 11) is 0. The van der Waals surface area contributed by atoms with Crippen molar-refractivity contribution in [3.05, 3.63) is 58.8 Å². The SMILES string of the molecule is Cl.O=C(NCc1ccc2c(c1)CCN(C1=CC=C1)CC2)[C@H]1CCCO1. The summed E-state index contributed by atoms with van der Waals surface area (Å²) in [5, 5.41) is 3.02. The Kier molecular flexibility index (Phi) is 5.82. The topological polar surface area (TPSA) is 41.6 Å². The van der Waals surface area contributed by atoms with Gasteiger partial charge in [0.05, 0.1) is 0 Å². The molecule has 25 heavy (non-hydrogen) atoms. The number of nitrogens with zero attached hydrogens (tertiary/aromatic N) is 1. The molecule has 0 bridgehead atoms. The van der Waals surface area contributed by atoms with Crippen LogP contribution in [-0.2, 0) is 28.9 Å². The van der Waals surface area contributed by atoms with Crippen molar-refractivity contribution in [3.8, 4) is 0 Å². The van der Waals surface area contributed by atoms with Crippen molar-refractivity contribution in [2.45, 2.75) is 38.3 Å². The molecule has 2 aliphatic heterocycles. The van der Waals surface area contributed by atoms with Crippen molar-refractivity contribution in [2.24, 2.45) is 0 Å². The normalized spacial score (nSPS) is 21.5. The van der Waals surface area contributed by atoms with Crippen LogP contribution in [0.1, 0.15) is 29.5 Å². The molecule has 134 valence electrons. The first kappa shape index (κ1) is 18.0. The van der Waals surface area contributed by atoms with Gasteiger partial charge in [0.15, 0.2) is 0 Å². The Morgan fingerprint density at radius 3 is 2.72 bits per heavy atom. The number of carbonyl (C=O) groups is 1. The average molecular weight is 361 g/mol. The zero-order valence-electron chi connectivity index (χ0n) is 14.4. The van der Waals surface area contributed by atoms with Gasteiger partial charge in [-0.15, -0.1) is 12.4 Å². The van der Waals surface area contributed by atoms with Gasteiger partial charge in [-0.05, 0) is 54.5 Å². The molecule has 1 aromatic rings. The van der Waals surface area contributed by atoms with Crippen LogP contribution >= 0.6 is 12.4 Å². The average Bonchev–Trinajstić information content (AvgIpc) is 3.01. The minimum Gasteiger partial charge on any atom is -0.371 e. The summed E-state index contributed by atoms with van der Waals surface area (Å²) in [5.41, 5.74) is 5.39. The number of hydrogen-bond acceptors (Lipinski definition) is 3. The van der Waals surface area contributed by atoms with Gasteiger partial charge in [-0.25, -0.2) is 0 Å².